The molecular formula is C25H23ClFN3O2. The Kier molecular flexibility index (Phi) is 6.32. The van der Waals surface area contributed by atoms with Gasteiger partial charge in [0.25, 0.3) is 0 Å². The van der Waals surface area contributed by atoms with E-state index >= 15 is 0 Å². The lowest BCUT2D eigenvalue weighted by molar-refractivity contribution is 0.391. The summed E-state index contributed by atoms with van der Waals surface area (Å²) in [6.07, 6.45) is 1.74. The van der Waals surface area contributed by atoms with Gasteiger partial charge in [-0.2, -0.15) is 0 Å². The van der Waals surface area contributed by atoms with Gasteiger partial charge in [0, 0.05) is 28.9 Å². The lowest BCUT2D eigenvalue weighted by atomic mass is 10.1. The van der Waals surface area contributed by atoms with Crippen molar-refractivity contribution < 1.29 is 13.9 Å². The Labute approximate surface area is 191 Å². The summed E-state index contributed by atoms with van der Waals surface area (Å²) in [6, 6.07) is 16.6. The lowest BCUT2D eigenvalue weighted by Crippen LogP contribution is -2.04. The Morgan fingerprint density at radius 3 is 2.59 bits per heavy atom. The van der Waals surface area contributed by atoms with Crippen molar-refractivity contribution in [2.45, 2.75) is 13.5 Å². The molecule has 32 heavy (non-hydrogen) atoms. The van der Waals surface area contributed by atoms with Gasteiger partial charge in [0.2, 0.25) is 0 Å². The SMILES string of the molecule is COc1ccc(CNc2cnc(Nc3cccc(Cl)c3F)c3ccc(C)cc23)c(OC)c1. The van der Waals surface area contributed by atoms with Gasteiger partial charge in [-0.25, -0.2) is 9.37 Å². The number of fused-ring (bicyclic) bond motifs is 1. The molecule has 0 fully saturated rings. The smallest absolute Gasteiger partial charge is 0.165 e. The molecule has 0 aliphatic heterocycles. The fraction of sp³-hybridized carbons (Fsp3) is 0.160. The number of anilines is 3. The van der Waals surface area contributed by atoms with Crippen molar-refractivity contribution in [2.75, 3.05) is 24.9 Å². The number of aromatic nitrogens is 1. The average Bonchev–Trinajstić information content (AvgIpc) is 2.81. The maximum Gasteiger partial charge on any atom is 0.165 e. The topological polar surface area (TPSA) is 55.4 Å². The Morgan fingerprint density at radius 1 is 0.969 bits per heavy atom. The van der Waals surface area contributed by atoms with Crippen LogP contribution in [-0.2, 0) is 6.54 Å². The maximum atomic E-state index is 14.4. The summed E-state index contributed by atoms with van der Waals surface area (Å²) in [4.78, 5) is 4.55. The molecule has 2 N–H and O–H groups in total. The van der Waals surface area contributed by atoms with Gasteiger partial charge < -0.3 is 20.1 Å². The number of nitrogens with zero attached hydrogens (tertiary/aromatic N) is 1. The van der Waals surface area contributed by atoms with Gasteiger partial charge in [-0.1, -0.05) is 35.4 Å². The Bertz CT molecular complexity index is 1280. The van der Waals surface area contributed by atoms with Crippen LogP contribution >= 0.6 is 11.6 Å². The van der Waals surface area contributed by atoms with E-state index in [9.17, 15) is 4.39 Å². The average molecular weight is 452 g/mol. The van der Waals surface area contributed by atoms with Crippen LogP contribution in [-0.4, -0.2) is 19.2 Å². The van der Waals surface area contributed by atoms with Gasteiger partial charge in [0.15, 0.2) is 5.82 Å². The highest BCUT2D eigenvalue weighted by Gasteiger charge is 2.13. The summed E-state index contributed by atoms with van der Waals surface area (Å²) in [5.74, 6) is 1.51. The minimum atomic E-state index is -0.509. The largest absolute Gasteiger partial charge is 0.497 e. The summed E-state index contributed by atoms with van der Waals surface area (Å²) >= 11 is 5.92. The molecule has 4 rings (SSSR count). The van der Waals surface area contributed by atoms with Crippen molar-refractivity contribution >= 4 is 39.6 Å². The van der Waals surface area contributed by atoms with Crippen LogP contribution in [0, 0.1) is 12.7 Å². The highest BCUT2D eigenvalue weighted by molar-refractivity contribution is 6.31. The number of benzene rings is 3. The van der Waals surface area contributed by atoms with E-state index in [2.05, 4.69) is 21.7 Å². The first-order valence-electron chi connectivity index (χ1n) is 10.1. The minimum absolute atomic E-state index is 0.0573. The molecule has 3 aromatic carbocycles. The molecule has 0 unspecified atom stereocenters. The van der Waals surface area contributed by atoms with Crippen LogP contribution in [0.2, 0.25) is 5.02 Å². The lowest BCUT2D eigenvalue weighted by Gasteiger charge is -2.16. The van der Waals surface area contributed by atoms with Crippen molar-refractivity contribution in [2.24, 2.45) is 0 Å². The van der Waals surface area contributed by atoms with Crippen LogP contribution in [0.25, 0.3) is 10.8 Å². The van der Waals surface area contributed by atoms with Gasteiger partial charge in [0.1, 0.15) is 17.3 Å². The molecule has 0 saturated carbocycles. The third-order valence-corrected chi connectivity index (χ3v) is 5.50. The third kappa shape index (κ3) is 4.41. The van der Waals surface area contributed by atoms with Gasteiger partial charge >= 0.3 is 0 Å². The first kappa shape index (κ1) is 21.7. The van der Waals surface area contributed by atoms with E-state index in [4.69, 9.17) is 21.1 Å². The number of hydrogen-bond donors (Lipinski definition) is 2. The quantitative estimate of drug-likeness (QED) is 0.327. The number of nitrogens with one attached hydrogen (secondary N) is 2. The van der Waals surface area contributed by atoms with E-state index in [-0.39, 0.29) is 10.7 Å². The Morgan fingerprint density at radius 2 is 1.81 bits per heavy atom. The summed E-state index contributed by atoms with van der Waals surface area (Å²) in [6.45, 7) is 2.56. The van der Waals surface area contributed by atoms with Crippen LogP contribution in [0.15, 0.2) is 60.8 Å². The molecule has 4 aromatic rings. The fourth-order valence-corrected chi connectivity index (χ4v) is 3.69. The molecule has 0 atom stereocenters. The summed E-state index contributed by atoms with van der Waals surface area (Å²) in [5.41, 5.74) is 3.22. The molecule has 5 nitrogen and oxygen atoms in total. The van der Waals surface area contributed by atoms with Crippen molar-refractivity contribution in [3.8, 4) is 11.5 Å². The number of pyridine rings is 1. The number of methoxy groups -OCH3 is 2. The monoisotopic (exact) mass is 451 g/mol. The van der Waals surface area contributed by atoms with E-state index in [1.165, 1.54) is 6.07 Å². The van der Waals surface area contributed by atoms with E-state index in [0.717, 1.165) is 39.1 Å². The van der Waals surface area contributed by atoms with Crippen LogP contribution in [0.1, 0.15) is 11.1 Å². The van der Waals surface area contributed by atoms with Gasteiger partial charge in [0.05, 0.1) is 36.8 Å². The predicted octanol–water partition coefficient (Wildman–Crippen LogP) is 6.71. The zero-order valence-corrected chi connectivity index (χ0v) is 18.8. The molecule has 1 heterocycles. The first-order valence-corrected chi connectivity index (χ1v) is 10.4. The molecule has 0 amide bonds. The molecule has 7 heteroatoms. The minimum Gasteiger partial charge on any atom is -0.497 e. The first-order chi connectivity index (χ1) is 15.5. The normalized spacial score (nSPS) is 10.8. The molecule has 0 bridgehead atoms. The zero-order valence-electron chi connectivity index (χ0n) is 18.0. The summed E-state index contributed by atoms with van der Waals surface area (Å²) in [7, 11) is 3.26. The third-order valence-electron chi connectivity index (χ3n) is 5.21. The number of ether oxygens (including phenoxy) is 2. The van der Waals surface area contributed by atoms with Gasteiger partial charge in [-0.3, -0.25) is 0 Å². The fourth-order valence-electron chi connectivity index (χ4n) is 3.51. The van der Waals surface area contributed by atoms with Crippen LogP contribution in [0.5, 0.6) is 11.5 Å². The second kappa shape index (κ2) is 9.32. The van der Waals surface area contributed by atoms with E-state index in [1.807, 2.05) is 37.3 Å². The zero-order chi connectivity index (χ0) is 22.7. The molecule has 164 valence electrons. The van der Waals surface area contributed by atoms with E-state index in [1.54, 1.807) is 32.5 Å². The number of halogens is 2. The number of rotatable bonds is 7. The van der Waals surface area contributed by atoms with Crippen LogP contribution in [0.3, 0.4) is 0 Å². The predicted molar refractivity (Wildman–Crippen MR) is 128 cm³/mol. The standard InChI is InChI=1S/C25H23ClFN3O2/c1-15-7-10-18-19(11-15)22(28-13-16-8-9-17(31-2)12-23(16)32-3)14-29-25(18)30-21-6-4-5-20(26)24(21)27/h4-12,14,28H,13H2,1-3H3,(H,29,30). The van der Waals surface area contributed by atoms with Crippen molar-refractivity contribution in [1.82, 2.24) is 4.98 Å². The molecule has 0 spiro atoms. The summed E-state index contributed by atoms with van der Waals surface area (Å²) < 4.78 is 25.2. The Hall–Kier alpha value is -3.51. The maximum absolute atomic E-state index is 14.4. The Balaban J connectivity index is 1.67. The highest BCUT2D eigenvalue weighted by atomic mass is 35.5. The van der Waals surface area contributed by atoms with Crippen LogP contribution < -0.4 is 20.1 Å². The van der Waals surface area contributed by atoms with Crippen molar-refractivity contribution in [1.29, 1.82) is 0 Å². The van der Waals surface area contributed by atoms with E-state index < -0.39 is 5.82 Å². The second-order valence-electron chi connectivity index (χ2n) is 7.33. The van der Waals surface area contributed by atoms with Gasteiger partial charge in [-0.05, 0) is 37.3 Å². The molecular weight excluding hydrogens is 429 g/mol. The molecule has 0 aliphatic rings. The summed E-state index contributed by atoms with van der Waals surface area (Å²) in [5, 5.41) is 8.41. The molecule has 1 aromatic heterocycles. The van der Waals surface area contributed by atoms with Crippen molar-refractivity contribution in [3.05, 3.63) is 82.8 Å². The van der Waals surface area contributed by atoms with Crippen LogP contribution in [0.4, 0.5) is 21.6 Å². The van der Waals surface area contributed by atoms with Crippen molar-refractivity contribution in [3.63, 3.8) is 0 Å². The highest BCUT2D eigenvalue weighted by Crippen LogP contribution is 2.33. The molecule has 0 aliphatic carbocycles. The number of hydrogen-bond acceptors (Lipinski definition) is 5. The van der Waals surface area contributed by atoms with Gasteiger partial charge in [-0.15, -0.1) is 0 Å². The molecule has 0 radical (unpaired) electrons. The molecule has 0 saturated heterocycles. The number of aryl methyl sites for hydroxylation is 1. The van der Waals surface area contributed by atoms with E-state index in [0.29, 0.717) is 12.4 Å². The second-order valence-corrected chi connectivity index (χ2v) is 7.73.